The second-order valence-corrected chi connectivity index (χ2v) is 5.87. The second kappa shape index (κ2) is 6.53. The highest BCUT2D eigenvalue weighted by atomic mass is 35.5. The van der Waals surface area contributed by atoms with Gasteiger partial charge in [-0.05, 0) is 29.5 Å². The molecule has 0 aliphatic carbocycles. The Labute approximate surface area is 117 Å². The molecule has 0 heterocycles. The summed E-state index contributed by atoms with van der Waals surface area (Å²) < 4.78 is 2.10. The lowest BCUT2D eigenvalue weighted by molar-refractivity contribution is -0.466. The Kier molecular flexibility index (Phi) is 5.63. The molecule has 0 fully saturated rings. The van der Waals surface area contributed by atoms with Gasteiger partial charge in [0.25, 0.3) is 0 Å². The highest BCUT2D eigenvalue weighted by Gasteiger charge is 2.12. The van der Waals surface area contributed by atoms with Gasteiger partial charge in [0.05, 0.1) is 38.2 Å². The minimum Gasteiger partial charge on any atom is -0.262 e. The number of benzene rings is 1. The van der Waals surface area contributed by atoms with E-state index >= 15 is 0 Å². The molecule has 94 valence electrons. The molecule has 0 saturated carbocycles. The first-order chi connectivity index (χ1) is 7.91. The van der Waals surface area contributed by atoms with Crippen molar-refractivity contribution < 1.29 is 4.58 Å². The summed E-state index contributed by atoms with van der Waals surface area (Å²) in [6, 6.07) is 5.76. The molecule has 0 atom stereocenters. The Bertz CT molecular complexity index is 427. The third-order valence-corrected chi connectivity index (χ3v) is 4.32. The average molecular weight is 292 g/mol. The smallest absolute Gasteiger partial charge is 0.262 e. The normalized spacial score (nSPS) is 10.2. The van der Waals surface area contributed by atoms with Crippen molar-refractivity contribution in [2.45, 2.75) is 5.75 Å². The standard InChI is InChI=1S/C12H17Cl2N2S/c1-15(2)12(16(3)4)17-8-9-5-6-10(13)11(14)7-9/h5-7H,8H2,1-4H3/q+1. The van der Waals surface area contributed by atoms with E-state index in [-0.39, 0.29) is 0 Å². The van der Waals surface area contributed by atoms with Crippen LogP contribution in [0.1, 0.15) is 5.56 Å². The SMILES string of the molecule is CN(C)C(SCc1ccc(Cl)c(Cl)c1)=[N+](C)C. The van der Waals surface area contributed by atoms with Gasteiger partial charge in [-0.2, -0.15) is 0 Å². The van der Waals surface area contributed by atoms with E-state index in [1.165, 1.54) is 10.7 Å². The van der Waals surface area contributed by atoms with Gasteiger partial charge in [-0.1, -0.05) is 29.3 Å². The third-order valence-electron chi connectivity index (χ3n) is 2.12. The molecule has 0 spiro atoms. The molecular formula is C12H17Cl2N2S+. The fraction of sp³-hybridized carbons (Fsp3) is 0.417. The van der Waals surface area contributed by atoms with Crippen LogP contribution in [-0.2, 0) is 5.75 Å². The number of rotatable bonds is 2. The Hall–Kier alpha value is -0.380. The maximum atomic E-state index is 5.99. The number of thioether (sulfide) groups is 1. The zero-order chi connectivity index (χ0) is 13.0. The first-order valence-electron chi connectivity index (χ1n) is 5.20. The Balaban J connectivity index is 2.73. The van der Waals surface area contributed by atoms with Crippen molar-refractivity contribution in [2.24, 2.45) is 0 Å². The van der Waals surface area contributed by atoms with Crippen LogP contribution < -0.4 is 0 Å². The topological polar surface area (TPSA) is 6.25 Å². The van der Waals surface area contributed by atoms with E-state index < -0.39 is 0 Å². The number of nitrogens with zero attached hydrogens (tertiary/aromatic N) is 2. The van der Waals surface area contributed by atoms with Crippen LogP contribution in [0.2, 0.25) is 10.0 Å². The van der Waals surface area contributed by atoms with Gasteiger partial charge in [0.1, 0.15) is 0 Å². The monoisotopic (exact) mass is 291 g/mol. The van der Waals surface area contributed by atoms with Crippen LogP contribution in [0.4, 0.5) is 0 Å². The average Bonchev–Trinajstić information content (AvgIpc) is 2.22. The summed E-state index contributed by atoms with van der Waals surface area (Å²) in [7, 11) is 8.16. The first kappa shape index (κ1) is 14.7. The quantitative estimate of drug-likeness (QED) is 0.468. The van der Waals surface area contributed by atoms with Gasteiger partial charge in [0, 0.05) is 5.75 Å². The van der Waals surface area contributed by atoms with Crippen molar-refractivity contribution in [1.82, 2.24) is 4.90 Å². The van der Waals surface area contributed by atoms with Crippen molar-refractivity contribution in [1.29, 1.82) is 0 Å². The van der Waals surface area contributed by atoms with E-state index in [1.807, 2.05) is 46.4 Å². The highest BCUT2D eigenvalue weighted by Crippen LogP contribution is 2.25. The van der Waals surface area contributed by atoms with E-state index in [0.29, 0.717) is 10.0 Å². The fourth-order valence-electron chi connectivity index (χ4n) is 1.44. The summed E-state index contributed by atoms with van der Waals surface area (Å²) in [5.74, 6) is 0.878. The van der Waals surface area contributed by atoms with Gasteiger partial charge in [0.15, 0.2) is 0 Å². The van der Waals surface area contributed by atoms with E-state index in [2.05, 4.69) is 9.48 Å². The lowest BCUT2D eigenvalue weighted by Crippen LogP contribution is -2.26. The van der Waals surface area contributed by atoms with Gasteiger partial charge in [-0.25, -0.2) is 0 Å². The summed E-state index contributed by atoms with van der Waals surface area (Å²) in [5.41, 5.74) is 1.17. The molecule has 0 bridgehead atoms. The summed E-state index contributed by atoms with van der Waals surface area (Å²) >= 11 is 13.6. The van der Waals surface area contributed by atoms with Crippen molar-refractivity contribution in [2.75, 3.05) is 28.2 Å². The highest BCUT2D eigenvalue weighted by molar-refractivity contribution is 8.12. The van der Waals surface area contributed by atoms with Gasteiger partial charge in [0.2, 0.25) is 0 Å². The largest absolute Gasteiger partial charge is 0.307 e. The molecule has 1 aromatic carbocycles. The first-order valence-corrected chi connectivity index (χ1v) is 6.94. The van der Waals surface area contributed by atoms with Crippen LogP contribution in [0.15, 0.2) is 18.2 Å². The maximum Gasteiger partial charge on any atom is 0.307 e. The van der Waals surface area contributed by atoms with E-state index in [9.17, 15) is 0 Å². The maximum absolute atomic E-state index is 5.99. The Morgan fingerprint density at radius 2 is 1.88 bits per heavy atom. The lowest BCUT2D eigenvalue weighted by Gasteiger charge is -2.10. The Morgan fingerprint density at radius 1 is 1.24 bits per heavy atom. The van der Waals surface area contributed by atoms with E-state index in [1.54, 1.807) is 11.8 Å². The van der Waals surface area contributed by atoms with Gasteiger partial charge < -0.3 is 0 Å². The molecule has 1 rings (SSSR count). The molecular weight excluding hydrogens is 275 g/mol. The molecule has 0 N–H and O–H groups in total. The van der Waals surface area contributed by atoms with Crippen LogP contribution in [-0.4, -0.2) is 42.8 Å². The zero-order valence-corrected chi connectivity index (χ0v) is 12.8. The molecule has 0 aliphatic heterocycles. The summed E-state index contributed by atoms with van der Waals surface area (Å²) in [4.78, 5) is 2.10. The molecule has 5 heteroatoms. The third kappa shape index (κ3) is 4.41. The molecule has 0 unspecified atom stereocenters. The summed E-state index contributed by atoms with van der Waals surface area (Å²) in [6.07, 6.45) is 0. The predicted octanol–water partition coefficient (Wildman–Crippen LogP) is 3.42. The predicted molar refractivity (Wildman–Crippen MR) is 78.6 cm³/mol. The van der Waals surface area contributed by atoms with Gasteiger partial charge in [-0.15, -0.1) is 0 Å². The van der Waals surface area contributed by atoms with Crippen molar-refractivity contribution >= 4 is 40.1 Å². The number of hydrogen-bond donors (Lipinski definition) is 0. The molecule has 0 radical (unpaired) electrons. The van der Waals surface area contributed by atoms with Gasteiger partial charge >= 0.3 is 5.17 Å². The van der Waals surface area contributed by atoms with Crippen molar-refractivity contribution in [3.8, 4) is 0 Å². The molecule has 2 nitrogen and oxygen atoms in total. The molecule has 0 aliphatic rings. The number of hydrogen-bond acceptors (Lipinski definition) is 1. The summed E-state index contributed by atoms with van der Waals surface area (Å²) in [5, 5.41) is 2.42. The molecule has 17 heavy (non-hydrogen) atoms. The Morgan fingerprint density at radius 3 is 2.35 bits per heavy atom. The van der Waals surface area contributed by atoms with Crippen LogP contribution >= 0.6 is 35.0 Å². The molecule has 1 aromatic rings. The lowest BCUT2D eigenvalue weighted by atomic mass is 10.2. The van der Waals surface area contributed by atoms with Crippen LogP contribution in [0.5, 0.6) is 0 Å². The van der Waals surface area contributed by atoms with Crippen LogP contribution in [0, 0.1) is 0 Å². The minimum atomic E-state index is 0.602. The fourth-order valence-corrected chi connectivity index (χ4v) is 2.75. The number of amidine groups is 1. The number of halogens is 2. The van der Waals surface area contributed by atoms with Gasteiger partial charge in [-0.3, -0.25) is 9.48 Å². The molecule has 0 amide bonds. The van der Waals surface area contributed by atoms with Crippen LogP contribution in [0.3, 0.4) is 0 Å². The summed E-state index contributed by atoms with van der Waals surface area (Å²) in [6.45, 7) is 0. The molecule has 0 saturated heterocycles. The van der Waals surface area contributed by atoms with E-state index in [0.717, 1.165) is 5.75 Å². The second-order valence-electron chi connectivity index (χ2n) is 4.11. The van der Waals surface area contributed by atoms with E-state index in [4.69, 9.17) is 23.2 Å². The zero-order valence-electron chi connectivity index (χ0n) is 10.5. The minimum absolute atomic E-state index is 0.602. The van der Waals surface area contributed by atoms with Crippen molar-refractivity contribution in [3.63, 3.8) is 0 Å². The van der Waals surface area contributed by atoms with Crippen molar-refractivity contribution in [3.05, 3.63) is 33.8 Å². The molecule has 0 aromatic heterocycles. The van der Waals surface area contributed by atoms with Crippen LogP contribution in [0.25, 0.3) is 0 Å².